The van der Waals surface area contributed by atoms with Gasteiger partial charge in [0.05, 0.1) is 11.1 Å². The summed E-state index contributed by atoms with van der Waals surface area (Å²) >= 11 is 1.12. The minimum atomic E-state index is -3.65. The predicted molar refractivity (Wildman–Crippen MR) is 108 cm³/mol. The number of aromatic nitrogens is 2. The van der Waals surface area contributed by atoms with Gasteiger partial charge in [-0.1, -0.05) is 6.42 Å². The van der Waals surface area contributed by atoms with Crippen molar-refractivity contribution >= 4 is 27.3 Å². The lowest BCUT2D eigenvalue weighted by Gasteiger charge is -2.33. The molecule has 0 bridgehead atoms. The van der Waals surface area contributed by atoms with Crippen molar-refractivity contribution in [3.8, 4) is 10.8 Å². The van der Waals surface area contributed by atoms with Crippen LogP contribution in [-0.2, 0) is 10.0 Å². The van der Waals surface area contributed by atoms with Crippen molar-refractivity contribution in [2.45, 2.75) is 29.4 Å². The summed E-state index contributed by atoms with van der Waals surface area (Å²) < 4.78 is 38.6. The molecule has 9 nitrogen and oxygen atoms in total. The summed E-state index contributed by atoms with van der Waals surface area (Å²) in [4.78, 5) is 14.6. The fourth-order valence-corrected chi connectivity index (χ4v) is 6.35. The summed E-state index contributed by atoms with van der Waals surface area (Å²) in [5.74, 6) is 1.35. The van der Waals surface area contributed by atoms with E-state index in [0.717, 1.165) is 24.2 Å². The maximum atomic E-state index is 13.1. The van der Waals surface area contributed by atoms with Crippen LogP contribution in [0.4, 0.5) is 0 Å². The van der Waals surface area contributed by atoms with Gasteiger partial charge in [-0.2, -0.15) is 4.31 Å². The van der Waals surface area contributed by atoms with Crippen LogP contribution in [0.3, 0.4) is 0 Å². The van der Waals surface area contributed by atoms with E-state index in [1.54, 1.807) is 29.2 Å². The highest BCUT2D eigenvalue weighted by Crippen LogP contribution is 2.38. The molecule has 0 N–H and O–H groups in total. The summed E-state index contributed by atoms with van der Waals surface area (Å²) in [5.41, 5.74) is 0. The van der Waals surface area contributed by atoms with E-state index in [2.05, 4.69) is 10.2 Å². The van der Waals surface area contributed by atoms with E-state index in [1.807, 2.05) is 0 Å². The minimum Gasteiger partial charge on any atom is -0.459 e. The van der Waals surface area contributed by atoms with Crippen LogP contribution in [-0.4, -0.2) is 59.9 Å². The van der Waals surface area contributed by atoms with Crippen LogP contribution in [0, 0.1) is 0 Å². The van der Waals surface area contributed by atoms with E-state index in [-0.39, 0.29) is 29.0 Å². The first-order valence-corrected chi connectivity index (χ1v) is 12.0. The molecule has 5 rings (SSSR count). The topological polar surface area (TPSA) is 110 Å². The number of rotatable bonds is 5. The van der Waals surface area contributed by atoms with Gasteiger partial charge in [-0.3, -0.25) is 4.79 Å². The fourth-order valence-electron chi connectivity index (χ4n) is 3.54. The van der Waals surface area contributed by atoms with Gasteiger partial charge in [0, 0.05) is 32.1 Å². The molecule has 0 radical (unpaired) electrons. The number of carbonyl (C=O) groups is 1. The zero-order valence-corrected chi connectivity index (χ0v) is 17.7. The van der Waals surface area contributed by atoms with E-state index < -0.39 is 10.0 Å². The molecule has 158 valence electrons. The number of nitrogens with zero attached hydrogens (tertiary/aromatic N) is 4. The Balaban J connectivity index is 1.27. The van der Waals surface area contributed by atoms with Gasteiger partial charge in [-0.25, -0.2) is 8.42 Å². The SMILES string of the molecule is O=C(c1ccco1)N1CCN(S(=O)(=O)c2ccc(-c3nnc(C4CCC4)o3)s2)CC1. The maximum Gasteiger partial charge on any atom is 0.289 e. The second-order valence-corrected chi connectivity index (χ2v) is 10.6. The van der Waals surface area contributed by atoms with Gasteiger partial charge in [0.2, 0.25) is 5.89 Å². The molecule has 30 heavy (non-hydrogen) atoms. The highest BCUT2D eigenvalue weighted by molar-refractivity contribution is 7.91. The molecule has 1 saturated heterocycles. The number of piperazine rings is 1. The first-order valence-electron chi connectivity index (χ1n) is 9.79. The number of hydrogen-bond donors (Lipinski definition) is 0. The lowest BCUT2D eigenvalue weighted by molar-refractivity contribution is 0.0666. The van der Waals surface area contributed by atoms with Gasteiger partial charge in [0.15, 0.2) is 5.76 Å². The average Bonchev–Trinajstić information content (AvgIpc) is 3.47. The third-order valence-corrected chi connectivity index (χ3v) is 8.98. The maximum absolute atomic E-state index is 13.1. The third kappa shape index (κ3) is 3.46. The smallest absolute Gasteiger partial charge is 0.289 e. The number of amides is 1. The van der Waals surface area contributed by atoms with Gasteiger partial charge in [-0.05, 0) is 37.1 Å². The molecular formula is C19H20N4O5S2. The standard InChI is InChI=1S/C19H20N4O5S2/c24-19(14-5-2-12-27-14)22-8-10-23(11-9-22)30(25,26)16-7-6-15(29-16)18-21-20-17(28-18)13-3-1-4-13/h2,5-7,12-13H,1,3-4,8-11H2. The summed E-state index contributed by atoms with van der Waals surface area (Å²) in [7, 11) is -3.65. The molecule has 2 fully saturated rings. The highest BCUT2D eigenvalue weighted by atomic mass is 32.2. The lowest BCUT2D eigenvalue weighted by Crippen LogP contribution is -2.50. The van der Waals surface area contributed by atoms with Crippen LogP contribution in [0.1, 0.15) is 41.6 Å². The number of thiophene rings is 1. The van der Waals surface area contributed by atoms with E-state index >= 15 is 0 Å². The predicted octanol–water partition coefficient (Wildman–Crippen LogP) is 2.81. The monoisotopic (exact) mass is 448 g/mol. The van der Waals surface area contributed by atoms with E-state index in [9.17, 15) is 13.2 Å². The molecule has 0 aromatic carbocycles. The molecule has 4 heterocycles. The van der Waals surface area contributed by atoms with Gasteiger partial charge < -0.3 is 13.7 Å². The number of carbonyl (C=O) groups excluding carboxylic acids is 1. The summed E-state index contributed by atoms with van der Waals surface area (Å²) in [6, 6.07) is 6.53. The summed E-state index contributed by atoms with van der Waals surface area (Å²) in [5, 5.41) is 8.19. The molecule has 1 aliphatic carbocycles. The first kappa shape index (κ1) is 19.5. The van der Waals surface area contributed by atoms with Crippen LogP contribution in [0.15, 0.2) is 43.6 Å². The van der Waals surface area contributed by atoms with Crippen molar-refractivity contribution in [1.29, 1.82) is 0 Å². The number of furan rings is 1. The van der Waals surface area contributed by atoms with Crippen molar-refractivity contribution in [2.75, 3.05) is 26.2 Å². The van der Waals surface area contributed by atoms with Crippen molar-refractivity contribution < 1.29 is 22.0 Å². The van der Waals surface area contributed by atoms with Gasteiger partial charge in [-0.15, -0.1) is 21.5 Å². The molecule has 1 saturated carbocycles. The van der Waals surface area contributed by atoms with Crippen LogP contribution in [0.2, 0.25) is 0 Å². The van der Waals surface area contributed by atoms with Gasteiger partial charge in [0.1, 0.15) is 4.21 Å². The van der Waals surface area contributed by atoms with Crippen LogP contribution >= 0.6 is 11.3 Å². The molecule has 1 aliphatic heterocycles. The Morgan fingerprint density at radius 2 is 1.90 bits per heavy atom. The minimum absolute atomic E-state index is 0.228. The van der Waals surface area contributed by atoms with Crippen molar-refractivity contribution in [3.63, 3.8) is 0 Å². The summed E-state index contributed by atoms with van der Waals surface area (Å²) in [6.07, 6.45) is 4.73. The van der Waals surface area contributed by atoms with Gasteiger partial charge in [0.25, 0.3) is 21.8 Å². The molecule has 0 spiro atoms. The highest BCUT2D eigenvalue weighted by Gasteiger charge is 2.32. The van der Waals surface area contributed by atoms with E-state index in [0.29, 0.717) is 35.7 Å². The largest absolute Gasteiger partial charge is 0.459 e. The van der Waals surface area contributed by atoms with Crippen LogP contribution in [0.5, 0.6) is 0 Å². The van der Waals surface area contributed by atoms with Crippen molar-refractivity contribution in [3.05, 3.63) is 42.2 Å². The Kier molecular flexibility index (Phi) is 4.95. The Morgan fingerprint density at radius 3 is 2.57 bits per heavy atom. The summed E-state index contributed by atoms with van der Waals surface area (Å²) in [6.45, 7) is 1.08. The molecule has 0 unspecified atom stereocenters. The molecule has 3 aromatic heterocycles. The fraction of sp³-hybridized carbons (Fsp3) is 0.421. The molecular weight excluding hydrogens is 428 g/mol. The quantitative estimate of drug-likeness (QED) is 0.590. The first-order chi connectivity index (χ1) is 14.5. The molecule has 11 heteroatoms. The molecule has 1 amide bonds. The Labute approximate surface area is 177 Å². The van der Waals surface area contributed by atoms with Crippen LogP contribution < -0.4 is 0 Å². The molecule has 2 aliphatic rings. The average molecular weight is 449 g/mol. The number of hydrogen-bond acceptors (Lipinski definition) is 8. The van der Waals surface area contributed by atoms with Crippen LogP contribution in [0.25, 0.3) is 10.8 Å². The molecule has 3 aromatic rings. The second-order valence-electron chi connectivity index (χ2n) is 7.37. The Morgan fingerprint density at radius 1 is 1.10 bits per heavy atom. The van der Waals surface area contributed by atoms with E-state index in [4.69, 9.17) is 8.83 Å². The second kappa shape index (κ2) is 7.64. The zero-order valence-electron chi connectivity index (χ0n) is 16.1. The molecule has 0 atom stereocenters. The normalized spacial score (nSPS) is 18.5. The van der Waals surface area contributed by atoms with Crippen molar-refractivity contribution in [2.24, 2.45) is 0 Å². The Bertz CT molecular complexity index is 1140. The van der Waals surface area contributed by atoms with E-state index in [1.165, 1.54) is 17.0 Å². The lowest BCUT2D eigenvalue weighted by atomic mass is 9.85. The Hall–Kier alpha value is -2.50. The third-order valence-electron chi connectivity index (χ3n) is 5.54. The zero-order chi connectivity index (χ0) is 20.7. The number of sulfonamides is 1. The van der Waals surface area contributed by atoms with Crippen molar-refractivity contribution in [1.82, 2.24) is 19.4 Å². The van der Waals surface area contributed by atoms with Gasteiger partial charge >= 0.3 is 0 Å².